The number of nitrogens with two attached hydrogens (primary N) is 1. The second-order valence-corrected chi connectivity index (χ2v) is 7.68. The number of primary amides is 1. The number of amides is 1. The molecule has 0 radical (unpaired) electrons. The molecule has 0 aliphatic carbocycles. The third kappa shape index (κ3) is 5.35. The zero-order valence-electron chi connectivity index (χ0n) is 16.6. The van der Waals surface area contributed by atoms with Gasteiger partial charge in [-0.3, -0.25) is 4.79 Å². The molecule has 1 amide bonds. The Bertz CT molecular complexity index is 1050. The molecule has 0 spiro atoms. The maximum absolute atomic E-state index is 11.9. The molecule has 160 valence electrons. The lowest BCUT2D eigenvalue weighted by molar-refractivity contribution is 0.0525. The first-order valence-electron chi connectivity index (χ1n) is 8.87. The SMILES string of the molecule is Br.CCOC(=O)c1nc(C)c(-c2csc(Nc3cc(C(N)=O)ccc3OCC)n2)s1. The van der Waals surface area contributed by atoms with Gasteiger partial charge in [0.05, 0.1) is 35.2 Å². The molecule has 30 heavy (non-hydrogen) atoms. The average Bonchev–Trinajstić information content (AvgIpc) is 3.29. The normalized spacial score (nSPS) is 10.2. The van der Waals surface area contributed by atoms with Crippen LogP contribution >= 0.6 is 39.7 Å². The summed E-state index contributed by atoms with van der Waals surface area (Å²) in [5.41, 5.74) is 7.75. The first kappa shape index (κ1) is 23.8. The maximum Gasteiger partial charge on any atom is 0.367 e. The first-order chi connectivity index (χ1) is 13.9. The van der Waals surface area contributed by atoms with Crippen molar-refractivity contribution >= 4 is 62.4 Å². The second kappa shape index (κ2) is 10.5. The standard InChI is InChI=1S/C19H20N4O4S2.BrH/c1-4-26-14-7-6-11(16(20)24)8-12(14)22-19-23-13(9-28-19)15-10(3)21-17(29-15)18(25)27-5-2;/h6-9H,4-5H2,1-3H3,(H2,20,24)(H,22,23);1H. The molecule has 1 aromatic carbocycles. The highest BCUT2D eigenvalue weighted by Gasteiger charge is 2.19. The van der Waals surface area contributed by atoms with Crippen molar-refractivity contribution in [3.63, 3.8) is 0 Å². The van der Waals surface area contributed by atoms with Gasteiger partial charge in [-0.25, -0.2) is 14.8 Å². The van der Waals surface area contributed by atoms with Crippen LogP contribution in [0.4, 0.5) is 10.8 Å². The zero-order valence-corrected chi connectivity index (χ0v) is 19.9. The van der Waals surface area contributed by atoms with Crippen LogP contribution in [0.2, 0.25) is 0 Å². The van der Waals surface area contributed by atoms with Crippen molar-refractivity contribution in [1.82, 2.24) is 9.97 Å². The summed E-state index contributed by atoms with van der Waals surface area (Å²) in [6, 6.07) is 4.94. The molecule has 0 bridgehead atoms. The Kier molecular flexibility index (Phi) is 8.33. The van der Waals surface area contributed by atoms with Crippen LogP contribution in [0.3, 0.4) is 0 Å². The molecule has 2 heterocycles. The summed E-state index contributed by atoms with van der Waals surface area (Å²) in [6.45, 7) is 6.22. The van der Waals surface area contributed by atoms with Gasteiger partial charge in [-0.2, -0.15) is 0 Å². The molecule has 0 fully saturated rings. The summed E-state index contributed by atoms with van der Waals surface area (Å²) in [6.07, 6.45) is 0. The fourth-order valence-electron chi connectivity index (χ4n) is 2.53. The number of anilines is 2. The number of thiazole rings is 2. The lowest BCUT2D eigenvalue weighted by atomic mass is 10.2. The van der Waals surface area contributed by atoms with E-state index in [1.807, 2.05) is 19.2 Å². The number of benzene rings is 1. The highest BCUT2D eigenvalue weighted by atomic mass is 79.9. The zero-order chi connectivity index (χ0) is 21.0. The fourth-order valence-corrected chi connectivity index (χ4v) is 4.24. The molecular formula is C19H21BrN4O4S2. The Morgan fingerprint density at radius 1 is 1.20 bits per heavy atom. The Morgan fingerprint density at radius 2 is 1.97 bits per heavy atom. The van der Waals surface area contributed by atoms with Gasteiger partial charge in [0.15, 0.2) is 5.13 Å². The lowest BCUT2D eigenvalue weighted by Gasteiger charge is -2.11. The number of nitrogens with one attached hydrogen (secondary N) is 1. The molecule has 3 aromatic rings. The van der Waals surface area contributed by atoms with E-state index in [9.17, 15) is 9.59 Å². The van der Waals surface area contributed by atoms with Gasteiger partial charge >= 0.3 is 5.97 Å². The van der Waals surface area contributed by atoms with Crippen LogP contribution in [-0.4, -0.2) is 35.1 Å². The molecule has 0 saturated heterocycles. The average molecular weight is 513 g/mol. The van der Waals surface area contributed by atoms with Gasteiger partial charge in [-0.1, -0.05) is 0 Å². The Labute approximate surface area is 192 Å². The molecule has 3 N–H and O–H groups in total. The number of aromatic nitrogens is 2. The van der Waals surface area contributed by atoms with Crippen LogP contribution in [0, 0.1) is 6.92 Å². The number of hydrogen-bond donors (Lipinski definition) is 2. The molecule has 0 aliphatic heterocycles. The van der Waals surface area contributed by atoms with Gasteiger partial charge in [-0.05, 0) is 39.0 Å². The monoisotopic (exact) mass is 512 g/mol. The molecule has 2 aromatic heterocycles. The third-order valence-corrected chi connectivity index (χ3v) is 5.71. The molecule has 11 heteroatoms. The van der Waals surface area contributed by atoms with E-state index >= 15 is 0 Å². The molecule has 8 nitrogen and oxygen atoms in total. The Balaban J connectivity index is 0.00000320. The van der Waals surface area contributed by atoms with Crippen molar-refractivity contribution in [1.29, 1.82) is 0 Å². The minimum absolute atomic E-state index is 0. The summed E-state index contributed by atoms with van der Waals surface area (Å²) >= 11 is 2.63. The van der Waals surface area contributed by atoms with E-state index < -0.39 is 11.9 Å². The van der Waals surface area contributed by atoms with Crippen LogP contribution in [-0.2, 0) is 4.74 Å². The number of esters is 1. The number of hydrogen-bond acceptors (Lipinski definition) is 9. The van der Waals surface area contributed by atoms with Gasteiger partial charge < -0.3 is 20.5 Å². The van der Waals surface area contributed by atoms with Gasteiger partial charge in [0.25, 0.3) is 0 Å². The maximum atomic E-state index is 11.9. The van der Waals surface area contributed by atoms with Gasteiger partial charge in [0.1, 0.15) is 5.75 Å². The third-order valence-electron chi connectivity index (χ3n) is 3.79. The van der Waals surface area contributed by atoms with Crippen LogP contribution in [0.1, 0.15) is 39.7 Å². The van der Waals surface area contributed by atoms with Gasteiger partial charge in [-0.15, -0.1) is 39.7 Å². The van der Waals surface area contributed by atoms with E-state index in [0.717, 1.165) is 4.88 Å². The highest BCUT2D eigenvalue weighted by molar-refractivity contribution is 8.93. The predicted octanol–water partition coefficient (Wildman–Crippen LogP) is 4.57. The number of carbonyl (C=O) groups is 2. The number of aryl methyl sites for hydroxylation is 1. The molecule has 0 unspecified atom stereocenters. The van der Waals surface area contributed by atoms with Crippen LogP contribution in [0.15, 0.2) is 23.6 Å². The van der Waals surface area contributed by atoms with Crippen LogP contribution in [0.25, 0.3) is 10.6 Å². The van der Waals surface area contributed by atoms with E-state index in [1.54, 1.807) is 25.1 Å². The number of rotatable bonds is 8. The molecule has 0 aliphatic rings. The van der Waals surface area contributed by atoms with Crippen molar-refractivity contribution in [2.24, 2.45) is 5.73 Å². The van der Waals surface area contributed by atoms with Crippen molar-refractivity contribution in [3.05, 3.63) is 39.8 Å². The Hall–Kier alpha value is -2.50. The molecule has 3 rings (SSSR count). The summed E-state index contributed by atoms with van der Waals surface area (Å²) in [5, 5.41) is 5.96. The van der Waals surface area contributed by atoms with Crippen LogP contribution < -0.4 is 15.8 Å². The lowest BCUT2D eigenvalue weighted by Crippen LogP contribution is -2.11. The fraction of sp³-hybridized carbons (Fsp3) is 0.263. The topological polar surface area (TPSA) is 116 Å². The number of nitrogens with zero attached hydrogens (tertiary/aromatic N) is 2. The van der Waals surface area contributed by atoms with Crippen molar-refractivity contribution < 1.29 is 19.1 Å². The molecular weight excluding hydrogens is 492 g/mol. The summed E-state index contributed by atoms with van der Waals surface area (Å²) in [4.78, 5) is 33.1. The molecule has 0 saturated carbocycles. The van der Waals surface area contributed by atoms with E-state index in [0.29, 0.717) is 51.7 Å². The Morgan fingerprint density at radius 3 is 2.63 bits per heavy atom. The smallest absolute Gasteiger partial charge is 0.367 e. The second-order valence-electron chi connectivity index (χ2n) is 5.83. The minimum atomic E-state index is -0.525. The highest BCUT2D eigenvalue weighted by Crippen LogP contribution is 2.35. The quantitative estimate of drug-likeness (QED) is 0.424. The molecule has 0 atom stereocenters. The summed E-state index contributed by atoms with van der Waals surface area (Å²) in [7, 11) is 0. The van der Waals surface area contributed by atoms with Crippen molar-refractivity contribution in [2.45, 2.75) is 20.8 Å². The van der Waals surface area contributed by atoms with Crippen molar-refractivity contribution in [2.75, 3.05) is 18.5 Å². The van der Waals surface area contributed by atoms with Gasteiger partial charge in [0, 0.05) is 10.9 Å². The summed E-state index contributed by atoms with van der Waals surface area (Å²) < 4.78 is 10.6. The van der Waals surface area contributed by atoms with E-state index in [1.165, 1.54) is 22.7 Å². The van der Waals surface area contributed by atoms with Crippen LogP contribution in [0.5, 0.6) is 5.75 Å². The van der Waals surface area contributed by atoms with Gasteiger partial charge in [0.2, 0.25) is 10.9 Å². The number of halogens is 1. The number of ether oxygens (including phenoxy) is 2. The minimum Gasteiger partial charge on any atom is -0.492 e. The van der Waals surface area contributed by atoms with E-state index in [-0.39, 0.29) is 17.0 Å². The predicted molar refractivity (Wildman–Crippen MR) is 124 cm³/mol. The van der Waals surface area contributed by atoms with E-state index in [2.05, 4.69) is 15.3 Å². The largest absolute Gasteiger partial charge is 0.492 e. The van der Waals surface area contributed by atoms with Crippen molar-refractivity contribution in [3.8, 4) is 16.3 Å². The number of carbonyl (C=O) groups excluding carboxylic acids is 2. The summed E-state index contributed by atoms with van der Waals surface area (Å²) in [5.74, 6) is -0.374. The first-order valence-corrected chi connectivity index (χ1v) is 10.6. The van der Waals surface area contributed by atoms with E-state index in [4.69, 9.17) is 15.2 Å².